The third-order valence-electron chi connectivity index (χ3n) is 4.98. The largest absolute Gasteiger partial charge is 0.490 e. The molecule has 1 aliphatic rings. The summed E-state index contributed by atoms with van der Waals surface area (Å²) in [7, 11) is 3.34. The minimum Gasteiger partial charge on any atom is -0.490 e. The molecule has 1 fully saturated rings. The van der Waals surface area contributed by atoms with Gasteiger partial charge in [-0.05, 0) is 50.5 Å². The van der Waals surface area contributed by atoms with Gasteiger partial charge in [0.05, 0.1) is 6.61 Å². The van der Waals surface area contributed by atoms with Gasteiger partial charge >= 0.3 is 0 Å². The van der Waals surface area contributed by atoms with Crippen molar-refractivity contribution in [2.24, 2.45) is 0 Å². The van der Waals surface area contributed by atoms with E-state index in [-0.39, 0.29) is 23.4 Å². The molecule has 1 N–H and O–H groups in total. The number of nitriles is 1. The van der Waals surface area contributed by atoms with E-state index in [0.717, 1.165) is 25.7 Å². The van der Waals surface area contributed by atoms with Gasteiger partial charge in [-0.1, -0.05) is 25.3 Å². The van der Waals surface area contributed by atoms with Crippen LogP contribution in [0, 0.1) is 11.3 Å². The number of hydrogen-bond donors (Lipinski definition) is 1. The van der Waals surface area contributed by atoms with Crippen LogP contribution < -0.4 is 14.8 Å². The topological polar surface area (TPSA) is 91.7 Å². The first kappa shape index (κ1) is 23.3. The summed E-state index contributed by atoms with van der Waals surface area (Å²) in [4.78, 5) is 26.0. The predicted molar refractivity (Wildman–Crippen MR) is 115 cm³/mol. The smallest absolute Gasteiger partial charge is 0.262 e. The van der Waals surface area contributed by atoms with E-state index in [0.29, 0.717) is 23.7 Å². The van der Waals surface area contributed by atoms with Crippen molar-refractivity contribution in [3.05, 3.63) is 29.3 Å². The fourth-order valence-electron chi connectivity index (χ4n) is 3.41. The Kier molecular flexibility index (Phi) is 8.72. The molecule has 0 spiro atoms. The zero-order chi connectivity index (χ0) is 22.1. The van der Waals surface area contributed by atoms with Gasteiger partial charge in [0.1, 0.15) is 11.6 Å². The Balaban J connectivity index is 2.19. The van der Waals surface area contributed by atoms with Crippen LogP contribution in [0.25, 0.3) is 6.08 Å². The van der Waals surface area contributed by atoms with Gasteiger partial charge in [0.2, 0.25) is 0 Å². The van der Waals surface area contributed by atoms with Crippen LogP contribution in [-0.2, 0) is 9.59 Å². The Morgan fingerprint density at radius 3 is 2.57 bits per heavy atom. The maximum atomic E-state index is 12.5. The van der Waals surface area contributed by atoms with Crippen molar-refractivity contribution in [1.29, 1.82) is 5.26 Å². The molecule has 0 aromatic heterocycles. The zero-order valence-corrected chi connectivity index (χ0v) is 18.2. The van der Waals surface area contributed by atoms with E-state index < -0.39 is 6.10 Å². The van der Waals surface area contributed by atoms with Crippen molar-refractivity contribution in [2.75, 3.05) is 20.7 Å². The van der Waals surface area contributed by atoms with Crippen molar-refractivity contribution < 1.29 is 19.1 Å². The molecule has 1 aromatic carbocycles. The lowest BCUT2D eigenvalue weighted by molar-refractivity contribution is -0.135. The molecular weight excluding hydrogens is 382 g/mol. The van der Waals surface area contributed by atoms with Crippen LogP contribution in [0.1, 0.15) is 51.5 Å². The molecule has 1 unspecified atom stereocenters. The second kappa shape index (κ2) is 11.2. The molecule has 1 atom stereocenters. The summed E-state index contributed by atoms with van der Waals surface area (Å²) in [6.45, 7) is 3.93. The first-order valence-corrected chi connectivity index (χ1v) is 10.4. The van der Waals surface area contributed by atoms with E-state index in [4.69, 9.17) is 9.47 Å². The molecule has 1 aliphatic carbocycles. The Morgan fingerprint density at radius 1 is 1.27 bits per heavy atom. The van der Waals surface area contributed by atoms with Gasteiger partial charge in [0.25, 0.3) is 11.8 Å². The third kappa shape index (κ3) is 6.51. The normalized spacial score (nSPS) is 15.6. The number of carbonyl (C=O) groups is 2. The molecule has 2 amide bonds. The van der Waals surface area contributed by atoms with E-state index in [9.17, 15) is 14.9 Å². The fourth-order valence-corrected chi connectivity index (χ4v) is 3.41. The highest BCUT2D eigenvalue weighted by molar-refractivity contribution is 6.01. The Labute approximate surface area is 178 Å². The SMILES string of the molecule is CCOc1cc(/C=C(\C#N)C(=O)NC2CCCCC2)ccc1OC(C)C(=O)N(C)C. The monoisotopic (exact) mass is 413 g/mol. The summed E-state index contributed by atoms with van der Waals surface area (Å²) in [5, 5.41) is 12.4. The number of hydrogen-bond acceptors (Lipinski definition) is 5. The molecule has 30 heavy (non-hydrogen) atoms. The highest BCUT2D eigenvalue weighted by atomic mass is 16.5. The van der Waals surface area contributed by atoms with Crippen molar-refractivity contribution >= 4 is 17.9 Å². The van der Waals surface area contributed by atoms with Crippen molar-refractivity contribution in [3.8, 4) is 17.6 Å². The molecule has 0 heterocycles. The summed E-state index contributed by atoms with van der Waals surface area (Å²) in [6.07, 6.45) is 6.18. The minimum atomic E-state index is -0.670. The Morgan fingerprint density at radius 2 is 1.97 bits per heavy atom. The molecule has 2 rings (SSSR count). The number of rotatable bonds is 8. The lowest BCUT2D eigenvalue weighted by atomic mass is 9.95. The second-order valence-corrected chi connectivity index (χ2v) is 7.61. The van der Waals surface area contributed by atoms with E-state index in [1.165, 1.54) is 11.3 Å². The summed E-state index contributed by atoms with van der Waals surface area (Å²) in [5.41, 5.74) is 0.695. The second-order valence-electron chi connectivity index (χ2n) is 7.61. The van der Waals surface area contributed by atoms with Crippen LogP contribution in [0.2, 0.25) is 0 Å². The van der Waals surface area contributed by atoms with Gasteiger partial charge in [0.15, 0.2) is 17.6 Å². The molecule has 1 saturated carbocycles. The maximum Gasteiger partial charge on any atom is 0.262 e. The quantitative estimate of drug-likeness (QED) is 0.522. The number of amides is 2. The fraction of sp³-hybridized carbons (Fsp3) is 0.522. The molecule has 0 aliphatic heterocycles. The third-order valence-corrected chi connectivity index (χ3v) is 4.98. The molecule has 0 radical (unpaired) electrons. The molecule has 162 valence electrons. The highest BCUT2D eigenvalue weighted by Crippen LogP contribution is 2.30. The standard InChI is InChI=1S/C23H31N3O4/c1-5-29-21-14-17(11-12-20(21)30-16(2)23(28)26(3)4)13-18(15-24)22(27)25-19-9-7-6-8-10-19/h11-14,16,19H,5-10H2,1-4H3,(H,25,27)/b18-13+. The number of ether oxygens (including phenoxy) is 2. The summed E-state index contributed by atoms with van der Waals surface area (Å²) < 4.78 is 11.4. The first-order chi connectivity index (χ1) is 14.3. The van der Waals surface area contributed by atoms with Gasteiger partial charge in [-0.2, -0.15) is 5.26 Å². The number of nitrogens with one attached hydrogen (secondary N) is 1. The van der Waals surface area contributed by atoms with Gasteiger partial charge in [-0.25, -0.2) is 0 Å². The summed E-state index contributed by atoms with van der Waals surface area (Å²) >= 11 is 0. The molecule has 0 saturated heterocycles. The summed E-state index contributed by atoms with van der Waals surface area (Å²) in [6, 6.07) is 7.25. The van der Waals surface area contributed by atoms with Crippen molar-refractivity contribution in [3.63, 3.8) is 0 Å². The van der Waals surface area contributed by atoms with E-state index >= 15 is 0 Å². The predicted octanol–water partition coefficient (Wildman–Crippen LogP) is 3.30. The average molecular weight is 414 g/mol. The van der Waals surface area contributed by atoms with Crippen LogP contribution in [-0.4, -0.2) is 49.6 Å². The van der Waals surface area contributed by atoms with Crippen molar-refractivity contribution in [1.82, 2.24) is 10.2 Å². The molecular formula is C23H31N3O4. The molecule has 1 aromatic rings. The number of benzene rings is 1. The first-order valence-electron chi connectivity index (χ1n) is 10.4. The van der Waals surface area contributed by atoms with E-state index in [1.807, 2.05) is 13.0 Å². The van der Waals surface area contributed by atoms with Gasteiger partial charge in [0, 0.05) is 20.1 Å². The summed E-state index contributed by atoms with van der Waals surface area (Å²) in [5.74, 6) is 0.372. The van der Waals surface area contributed by atoms with Crippen molar-refractivity contribution in [2.45, 2.75) is 58.1 Å². The lowest BCUT2D eigenvalue weighted by Gasteiger charge is -2.22. The van der Waals surface area contributed by atoms with Crippen LogP contribution >= 0.6 is 0 Å². The zero-order valence-electron chi connectivity index (χ0n) is 18.2. The van der Waals surface area contributed by atoms with E-state index in [2.05, 4.69) is 5.32 Å². The molecule has 7 nitrogen and oxygen atoms in total. The molecule has 7 heteroatoms. The van der Waals surface area contributed by atoms with Crippen LogP contribution in [0.15, 0.2) is 23.8 Å². The van der Waals surface area contributed by atoms with Crippen LogP contribution in [0.3, 0.4) is 0 Å². The maximum absolute atomic E-state index is 12.5. The molecule has 0 bridgehead atoms. The van der Waals surface area contributed by atoms with Crippen LogP contribution in [0.5, 0.6) is 11.5 Å². The van der Waals surface area contributed by atoms with Gasteiger partial charge in [-0.3, -0.25) is 9.59 Å². The Bertz CT molecular complexity index is 820. The number of nitrogens with zero attached hydrogens (tertiary/aromatic N) is 2. The number of carbonyl (C=O) groups excluding carboxylic acids is 2. The van der Waals surface area contributed by atoms with Gasteiger partial charge < -0.3 is 19.7 Å². The average Bonchev–Trinajstić information content (AvgIpc) is 2.73. The minimum absolute atomic E-state index is 0.0489. The highest BCUT2D eigenvalue weighted by Gasteiger charge is 2.20. The lowest BCUT2D eigenvalue weighted by Crippen LogP contribution is -2.36. The number of likely N-dealkylation sites (N-methyl/N-ethyl adjacent to an activating group) is 1. The van der Waals surface area contributed by atoms with E-state index in [1.54, 1.807) is 45.3 Å². The Hall–Kier alpha value is -3.01. The van der Waals surface area contributed by atoms with Gasteiger partial charge in [-0.15, -0.1) is 0 Å². The van der Waals surface area contributed by atoms with Crippen LogP contribution in [0.4, 0.5) is 0 Å².